The molecule has 1 heterocycles. The van der Waals surface area contributed by atoms with Crippen molar-refractivity contribution >= 4 is 34.4 Å². The maximum absolute atomic E-state index is 12.8. The summed E-state index contributed by atoms with van der Waals surface area (Å²) < 4.78 is 43.1. The summed E-state index contributed by atoms with van der Waals surface area (Å²) >= 11 is 5.97. The molecule has 0 aliphatic heterocycles. The molecule has 182 valence electrons. The molecule has 0 radical (unpaired) electrons. The van der Waals surface area contributed by atoms with Crippen molar-refractivity contribution in [1.29, 1.82) is 0 Å². The number of amides is 1. The molecule has 0 fully saturated rings. The van der Waals surface area contributed by atoms with Crippen molar-refractivity contribution in [2.45, 2.75) is 38.6 Å². The van der Waals surface area contributed by atoms with Gasteiger partial charge in [0.05, 0.1) is 11.1 Å². The number of benzene rings is 2. The smallest absolute Gasteiger partial charge is 0.449 e. The number of para-hydroxylation sites is 1. The molecule has 0 spiro atoms. The Morgan fingerprint density at radius 2 is 1.91 bits per heavy atom. The van der Waals surface area contributed by atoms with Gasteiger partial charge in [-0.2, -0.15) is 13.2 Å². The summed E-state index contributed by atoms with van der Waals surface area (Å²) in [6.07, 6.45) is -3.95. The molecule has 0 aliphatic rings. The molecule has 1 aromatic heterocycles. The number of carbonyl (C=O) groups is 2. The average Bonchev–Trinajstić information content (AvgIpc) is 3.18. The highest BCUT2D eigenvalue weighted by molar-refractivity contribution is 6.30. The topological polar surface area (TPSA) is 83.2 Å². The van der Waals surface area contributed by atoms with E-state index >= 15 is 0 Å². The fourth-order valence-corrected chi connectivity index (χ4v) is 3.87. The normalized spacial score (nSPS) is 13.5. The van der Waals surface area contributed by atoms with Gasteiger partial charge in [0, 0.05) is 35.7 Å². The lowest BCUT2D eigenvalue weighted by Crippen LogP contribution is -2.35. The van der Waals surface area contributed by atoms with E-state index in [1.165, 1.54) is 6.07 Å². The fourth-order valence-electron chi connectivity index (χ4n) is 3.67. The van der Waals surface area contributed by atoms with Crippen LogP contribution in [0.3, 0.4) is 0 Å². The Morgan fingerprint density at radius 1 is 1.18 bits per heavy atom. The van der Waals surface area contributed by atoms with E-state index in [4.69, 9.17) is 16.3 Å². The first-order valence-electron chi connectivity index (χ1n) is 10.7. The molecular formula is C24H25ClF3N3O3. The van der Waals surface area contributed by atoms with E-state index in [1.54, 1.807) is 30.3 Å². The van der Waals surface area contributed by atoms with Gasteiger partial charge in [-0.15, -0.1) is 0 Å². The zero-order valence-electron chi connectivity index (χ0n) is 18.6. The number of ether oxygens (including phenoxy) is 1. The second-order valence-corrected chi connectivity index (χ2v) is 8.30. The molecule has 0 unspecified atom stereocenters. The number of H-pyrrole nitrogens is 1. The van der Waals surface area contributed by atoms with Crippen molar-refractivity contribution in [1.82, 2.24) is 15.6 Å². The van der Waals surface area contributed by atoms with Crippen LogP contribution >= 0.6 is 11.6 Å². The molecule has 1 amide bonds. The molecule has 0 saturated carbocycles. The molecule has 34 heavy (non-hydrogen) atoms. The zero-order chi connectivity index (χ0) is 24.9. The standard InChI is InChI=1S/C24H25ClF3N3O3/c1-3-29-22(32)19-9-5-8-18-16(12-31-21(18)19)10-14(2)30-13-20(34-23(33)24(26,27)28)15-6-4-7-17(25)11-15/h4-9,11-12,14,20,30-31H,3,10,13H2,1-2H3,(H,29,32)/t14-,20+/m1/s1. The predicted molar refractivity (Wildman–Crippen MR) is 124 cm³/mol. The fraction of sp³-hybridized carbons (Fsp3) is 0.333. The average molecular weight is 496 g/mol. The van der Waals surface area contributed by atoms with Gasteiger partial charge in [-0.25, -0.2) is 4.79 Å². The van der Waals surface area contributed by atoms with Crippen molar-refractivity contribution in [2.24, 2.45) is 0 Å². The molecule has 6 nitrogen and oxygen atoms in total. The number of hydrogen-bond donors (Lipinski definition) is 3. The Kier molecular flexibility index (Phi) is 8.22. The second-order valence-electron chi connectivity index (χ2n) is 7.86. The number of nitrogens with one attached hydrogen (secondary N) is 3. The third-order valence-corrected chi connectivity index (χ3v) is 5.50. The summed E-state index contributed by atoms with van der Waals surface area (Å²) in [5.74, 6) is -2.44. The number of aromatic amines is 1. The van der Waals surface area contributed by atoms with Crippen LogP contribution in [-0.4, -0.2) is 42.2 Å². The van der Waals surface area contributed by atoms with Gasteiger partial charge in [0.1, 0.15) is 6.10 Å². The summed E-state index contributed by atoms with van der Waals surface area (Å²) in [5.41, 5.74) is 2.54. The monoisotopic (exact) mass is 495 g/mol. The predicted octanol–water partition coefficient (Wildman–Crippen LogP) is 4.94. The van der Waals surface area contributed by atoms with Crippen LogP contribution in [0.25, 0.3) is 10.9 Å². The minimum Gasteiger partial charge on any atom is -0.449 e. The summed E-state index contributed by atoms with van der Waals surface area (Å²) in [4.78, 5) is 26.9. The maximum atomic E-state index is 12.8. The quantitative estimate of drug-likeness (QED) is 0.367. The van der Waals surface area contributed by atoms with Crippen LogP contribution in [0.5, 0.6) is 0 Å². The number of hydrogen-bond acceptors (Lipinski definition) is 4. The van der Waals surface area contributed by atoms with Gasteiger partial charge in [0.2, 0.25) is 0 Å². The minimum atomic E-state index is -5.10. The molecule has 2 aromatic carbocycles. The van der Waals surface area contributed by atoms with Gasteiger partial charge in [-0.05, 0) is 49.6 Å². The molecule has 2 atom stereocenters. The lowest BCUT2D eigenvalue weighted by Gasteiger charge is -2.22. The van der Waals surface area contributed by atoms with Gasteiger partial charge in [0.25, 0.3) is 5.91 Å². The maximum Gasteiger partial charge on any atom is 0.490 e. The largest absolute Gasteiger partial charge is 0.490 e. The molecular weight excluding hydrogens is 471 g/mol. The first-order valence-corrected chi connectivity index (χ1v) is 11.1. The van der Waals surface area contributed by atoms with E-state index in [0.717, 1.165) is 10.9 Å². The Bertz CT molecular complexity index is 1160. The SMILES string of the molecule is CCNC(=O)c1cccc2c(C[C@@H](C)NC[C@H](OC(=O)C(F)(F)F)c3cccc(Cl)c3)c[nH]c12. The Hall–Kier alpha value is -3.04. The molecule has 0 aliphatic carbocycles. The molecule has 3 aromatic rings. The highest BCUT2D eigenvalue weighted by Crippen LogP contribution is 2.26. The third-order valence-electron chi connectivity index (χ3n) is 5.26. The number of rotatable bonds is 9. The Balaban J connectivity index is 1.73. The van der Waals surface area contributed by atoms with Crippen molar-refractivity contribution in [3.05, 3.63) is 70.4 Å². The van der Waals surface area contributed by atoms with Crippen LogP contribution in [0.1, 0.15) is 41.4 Å². The van der Waals surface area contributed by atoms with E-state index in [0.29, 0.717) is 34.6 Å². The lowest BCUT2D eigenvalue weighted by atomic mass is 10.0. The number of fused-ring (bicyclic) bond motifs is 1. The summed E-state index contributed by atoms with van der Waals surface area (Å²) in [5, 5.41) is 7.12. The second kappa shape index (κ2) is 10.9. The van der Waals surface area contributed by atoms with Crippen LogP contribution < -0.4 is 10.6 Å². The summed E-state index contributed by atoms with van der Waals surface area (Å²) in [7, 11) is 0. The molecule has 3 rings (SSSR count). The number of aromatic nitrogens is 1. The van der Waals surface area contributed by atoms with Crippen LogP contribution in [0, 0.1) is 0 Å². The first-order chi connectivity index (χ1) is 16.1. The number of halogens is 4. The highest BCUT2D eigenvalue weighted by Gasteiger charge is 2.42. The van der Waals surface area contributed by atoms with Gasteiger partial charge >= 0.3 is 12.1 Å². The van der Waals surface area contributed by atoms with Crippen molar-refractivity contribution in [2.75, 3.05) is 13.1 Å². The first kappa shape index (κ1) is 25.6. The molecule has 3 N–H and O–H groups in total. The van der Waals surface area contributed by atoms with E-state index < -0.39 is 18.2 Å². The van der Waals surface area contributed by atoms with Crippen molar-refractivity contribution in [3.8, 4) is 0 Å². The number of esters is 1. The van der Waals surface area contributed by atoms with Gasteiger partial charge in [0.15, 0.2) is 0 Å². The van der Waals surface area contributed by atoms with E-state index in [9.17, 15) is 22.8 Å². The number of alkyl halides is 3. The minimum absolute atomic E-state index is 0.0458. The van der Waals surface area contributed by atoms with Crippen LogP contribution in [0.2, 0.25) is 5.02 Å². The highest BCUT2D eigenvalue weighted by atomic mass is 35.5. The van der Waals surface area contributed by atoms with Crippen molar-refractivity contribution in [3.63, 3.8) is 0 Å². The van der Waals surface area contributed by atoms with E-state index in [1.807, 2.05) is 26.1 Å². The Labute approximate surface area is 199 Å². The van der Waals surface area contributed by atoms with Gasteiger partial charge < -0.3 is 20.4 Å². The van der Waals surface area contributed by atoms with Crippen LogP contribution in [0.4, 0.5) is 13.2 Å². The molecule has 10 heteroatoms. The number of carbonyl (C=O) groups excluding carboxylic acids is 2. The third kappa shape index (κ3) is 6.30. The van der Waals surface area contributed by atoms with E-state index in [2.05, 4.69) is 15.6 Å². The van der Waals surface area contributed by atoms with Crippen molar-refractivity contribution < 1.29 is 27.5 Å². The summed E-state index contributed by atoms with van der Waals surface area (Å²) in [6, 6.07) is 11.4. The lowest BCUT2D eigenvalue weighted by molar-refractivity contribution is -0.205. The molecule has 0 saturated heterocycles. The van der Waals surface area contributed by atoms with Crippen LogP contribution in [-0.2, 0) is 16.0 Å². The summed E-state index contributed by atoms with van der Waals surface area (Å²) in [6.45, 7) is 4.17. The zero-order valence-corrected chi connectivity index (χ0v) is 19.4. The van der Waals surface area contributed by atoms with Crippen LogP contribution in [0.15, 0.2) is 48.7 Å². The van der Waals surface area contributed by atoms with Gasteiger partial charge in [-0.3, -0.25) is 4.79 Å². The molecule has 0 bridgehead atoms. The van der Waals surface area contributed by atoms with E-state index in [-0.39, 0.29) is 18.5 Å². The van der Waals surface area contributed by atoms with Gasteiger partial charge in [-0.1, -0.05) is 35.9 Å². The Morgan fingerprint density at radius 3 is 2.59 bits per heavy atom.